The number of amides is 1. The normalized spacial score (nSPS) is 11.6. The molecule has 0 fully saturated rings. The van der Waals surface area contributed by atoms with Gasteiger partial charge in [-0.3, -0.25) is 9.59 Å². The Labute approximate surface area is 123 Å². The van der Waals surface area contributed by atoms with Crippen LogP contribution in [0.4, 0.5) is 0 Å². The molecule has 0 N–H and O–H groups in total. The minimum atomic E-state index is -0.492. The summed E-state index contributed by atoms with van der Waals surface area (Å²) in [5.41, 5.74) is -0.492. The van der Waals surface area contributed by atoms with Crippen LogP contribution in [0.25, 0.3) is 0 Å². The lowest BCUT2D eigenvalue weighted by atomic mass is 10.2. The minimum absolute atomic E-state index is 0.0274. The number of carbonyl (C=O) groups is 2. The van der Waals surface area contributed by atoms with Crippen LogP contribution in [0, 0.1) is 0 Å². The van der Waals surface area contributed by atoms with Crippen molar-refractivity contribution in [1.29, 1.82) is 0 Å². The van der Waals surface area contributed by atoms with Gasteiger partial charge in [0.05, 0.1) is 6.42 Å². The van der Waals surface area contributed by atoms with Gasteiger partial charge in [-0.25, -0.2) is 0 Å². The maximum atomic E-state index is 12.1. The van der Waals surface area contributed by atoms with Crippen LogP contribution in [0.2, 0.25) is 0 Å². The predicted molar refractivity (Wildman–Crippen MR) is 80.5 cm³/mol. The Bertz CT molecular complexity index is 309. The average Bonchev–Trinajstić information content (AvgIpc) is 2.29. The zero-order valence-electron chi connectivity index (χ0n) is 13.9. The van der Waals surface area contributed by atoms with E-state index in [1.54, 1.807) is 0 Å². The number of hydrogen-bond acceptors (Lipinski definition) is 4. The molecule has 0 aliphatic carbocycles. The van der Waals surface area contributed by atoms with Crippen molar-refractivity contribution in [3.8, 4) is 0 Å². The number of ether oxygens (including phenoxy) is 1. The summed E-state index contributed by atoms with van der Waals surface area (Å²) < 4.78 is 5.21. The molecule has 1 amide bonds. The molecule has 0 radical (unpaired) electrons. The third-order valence-electron chi connectivity index (χ3n) is 2.63. The molecule has 0 heterocycles. The predicted octanol–water partition coefficient (Wildman–Crippen LogP) is 1.91. The fourth-order valence-corrected chi connectivity index (χ4v) is 1.71. The zero-order chi connectivity index (χ0) is 15.8. The monoisotopic (exact) mass is 286 g/mol. The van der Waals surface area contributed by atoms with Gasteiger partial charge in [-0.2, -0.15) is 0 Å². The third-order valence-corrected chi connectivity index (χ3v) is 2.63. The number of esters is 1. The largest absolute Gasteiger partial charge is 0.460 e. The van der Waals surface area contributed by atoms with Gasteiger partial charge in [0, 0.05) is 26.1 Å². The van der Waals surface area contributed by atoms with Crippen molar-refractivity contribution >= 4 is 11.9 Å². The van der Waals surface area contributed by atoms with Crippen LogP contribution in [-0.2, 0) is 14.3 Å². The first-order valence-electron chi connectivity index (χ1n) is 7.30. The highest BCUT2D eigenvalue weighted by Crippen LogP contribution is 2.10. The second-order valence-corrected chi connectivity index (χ2v) is 6.27. The van der Waals surface area contributed by atoms with Gasteiger partial charge in [-0.15, -0.1) is 0 Å². The standard InChI is InChI=1S/C15H30N2O3/c1-7-10-17(12-11-16(5)6)13(18)8-9-14(19)20-15(2,3)4/h7-12H2,1-6H3. The first kappa shape index (κ1) is 18.9. The van der Waals surface area contributed by atoms with Crippen molar-refractivity contribution in [2.75, 3.05) is 33.7 Å². The summed E-state index contributed by atoms with van der Waals surface area (Å²) in [4.78, 5) is 27.6. The molecule has 0 aromatic carbocycles. The summed E-state index contributed by atoms with van der Waals surface area (Å²) in [7, 11) is 3.96. The number of hydrogen-bond donors (Lipinski definition) is 0. The molecule has 0 spiro atoms. The zero-order valence-corrected chi connectivity index (χ0v) is 13.9. The van der Waals surface area contributed by atoms with Gasteiger partial charge in [0.2, 0.25) is 5.91 Å². The summed E-state index contributed by atoms with van der Waals surface area (Å²) in [6.07, 6.45) is 1.30. The fourth-order valence-electron chi connectivity index (χ4n) is 1.71. The van der Waals surface area contributed by atoms with Gasteiger partial charge in [0.15, 0.2) is 0 Å². The van der Waals surface area contributed by atoms with E-state index < -0.39 is 5.60 Å². The van der Waals surface area contributed by atoms with Crippen molar-refractivity contribution in [3.05, 3.63) is 0 Å². The Hall–Kier alpha value is -1.10. The van der Waals surface area contributed by atoms with E-state index in [-0.39, 0.29) is 24.7 Å². The molecular formula is C15H30N2O3. The van der Waals surface area contributed by atoms with Crippen molar-refractivity contribution in [2.45, 2.75) is 52.6 Å². The van der Waals surface area contributed by atoms with Crippen LogP contribution in [0.1, 0.15) is 47.0 Å². The van der Waals surface area contributed by atoms with Crippen LogP contribution in [0.15, 0.2) is 0 Å². The summed E-state index contributed by atoms with van der Waals surface area (Å²) in [6, 6.07) is 0. The topological polar surface area (TPSA) is 49.9 Å². The SMILES string of the molecule is CCCN(CCN(C)C)C(=O)CCC(=O)OC(C)(C)C. The lowest BCUT2D eigenvalue weighted by molar-refractivity contribution is -0.156. The Balaban J connectivity index is 4.22. The smallest absolute Gasteiger partial charge is 0.306 e. The summed E-state index contributed by atoms with van der Waals surface area (Å²) in [5, 5.41) is 0. The second kappa shape index (κ2) is 8.95. The maximum absolute atomic E-state index is 12.1. The van der Waals surface area contributed by atoms with E-state index in [9.17, 15) is 9.59 Å². The van der Waals surface area contributed by atoms with Crippen LogP contribution in [0.5, 0.6) is 0 Å². The Morgan fingerprint density at radius 3 is 2.05 bits per heavy atom. The van der Waals surface area contributed by atoms with Crippen molar-refractivity contribution in [3.63, 3.8) is 0 Å². The molecule has 0 saturated heterocycles. The lowest BCUT2D eigenvalue weighted by Gasteiger charge is -2.24. The fraction of sp³-hybridized carbons (Fsp3) is 0.867. The van der Waals surface area contributed by atoms with Crippen LogP contribution >= 0.6 is 0 Å². The molecule has 118 valence electrons. The number of likely N-dealkylation sites (N-methyl/N-ethyl adjacent to an activating group) is 1. The maximum Gasteiger partial charge on any atom is 0.306 e. The van der Waals surface area contributed by atoms with E-state index in [4.69, 9.17) is 4.74 Å². The van der Waals surface area contributed by atoms with E-state index in [1.165, 1.54) is 0 Å². The van der Waals surface area contributed by atoms with Crippen molar-refractivity contribution < 1.29 is 14.3 Å². The molecule has 0 bridgehead atoms. The van der Waals surface area contributed by atoms with E-state index in [0.29, 0.717) is 6.54 Å². The molecule has 5 nitrogen and oxygen atoms in total. The molecule has 0 atom stereocenters. The molecule has 20 heavy (non-hydrogen) atoms. The second-order valence-electron chi connectivity index (χ2n) is 6.27. The highest BCUT2D eigenvalue weighted by atomic mass is 16.6. The van der Waals surface area contributed by atoms with Crippen LogP contribution < -0.4 is 0 Å². The Morgan fingerprint density at radius 1 is 1.00 bits per heavy atom. The van der Waals surface area contributed by atoms with Gasteiger partial charge in [-0.1, -0.05) is 6.92 Å². The number of nitrogens with zero attached hydrogens (tertiary/aromatic N) is 2. The van der Waals surface area contributed by atoms with Crippen molar-refractivity contribution in [1.82, 2.24) is 9.80 Å². The van der Waals surface area contributed by atoms with Gasteiger partial charge in [0.25, 0.3) is 0 Å². The first-order valence-corrected chi connectivity index (χ1v) is 7.30. The summed E-state index contributed by atoms with van der Waals surface area (Å²) in [5.74, 6) is -0.283. The van der Waals surface area contributed by atoms with E-state index in [0.717, 1.165) is 19.5 Å². The minimum Gasteiger partial charge on any atom is -0.460 e. The molecular weight excluding hydrogens is 256 g/mol. The third kappa shape index (κ3) is 9.78. The van der Waals surface area contributed by atoms with Crippen molar-refractivity contribution in [2.24, 2.45) is 0 Å². The Morgan fingerprint density at radius 2 is 1.60 bits per heavy atom. The molecule has 0 aliphatic rings. The van der Waals surface area contributed by atoms with E-state index in [2.05, 4.69) is 0 Å². The highest BCUT2D eigenvalue weighted by molar-refractivity contribution is 5.81. The van der Waals surface area contributed by atoms with Gasteiger partial charge < -0.3 is 14.5 Å². The molecule has 0 aliphatic heterocycles. The molecule has 5 heteroatoms. The van der Waals surface area contributed by atoms with Gasteiger partial charge in [0.1, 0.15) is 5.60 Å². The van der Waals surface area contributed by atoms with E-state index in [1.807, 2.05) is 51.6 Å². The number of rotatable bonds is 8. The van der Waals surface area contributed by atoms with Crippen LogP contribution in [0.3, 0.4) is 0 Å². The quantitative estimate of drug-likeness (QED) is 0.640. The summed E-state index contributed by atoms with van der Waals surface area (Å²) in [6.45, 7) is 9.80. The molecule has 0 aromatic rings. The van der Waals surface area contributed by atoms with E-state index >= 15 is 0 Å². The average molecular weight is 286 g/mol. The van der Waals surface area contributed by atoms with Gasteiger partial charge in [-0.05, 0) is 41.3 Å². The summed E-state index contributed by atoms with van der Waals surface area (Å²) >= 11 is 0. The highest BCUT2D eigenvalue weighted by Gasteiger charge is 2.19. The Kier molecular flexibility index (Phi) is 8.46. The van der Waals surface area contributed by atoms with Gasteiger partial charge >= 0.3 is 5.97 Å². The number of carbonyl (C=O) groups excluding carboxylic acids is 2. The molecule has 0 unspecified atom stereocenters. The lowest BCUT2D eigenvalue weighted by Crippen LogP contribution is -2.37. The molecule has 0 aromatic heterocycles. The molecule has 0 rings (SSSR count). The molecule has 0 saturated carbocycles. The van der Waals surface area contributed by atoms with Crippen LogP contribution in [-0.4, -0.2) is 61.0 Å². The first-order chi connectivity index (χ1) is 9.15.